The lowest BCUT2D eigenvalue weighted by Crippen LogP contribution is -2.42. The molecule has 0 aromatic carbocycles. The molecule has 5 heteroatoms. The fourth-order valence-corrected chi connectivity index (χ4v) is 4.20. The summed E-state index contributed by atoms with van der Waals surface area (Å²) in [4.78, 5) is 18.7. The molecule has 3 rings (SSSR count). The minimum Gasteiger partial charge on any atom is -0.488 e. The van der Waals surface area contributed by atoms with E-state index >= 15 is 0 Å². The van der Waals surface area contributed by atoms with Crippen molar-refractivity contribution in [2.75, 3.05) is 6.54 Å². The number of pyridine rings is 1. The Bertz CT molecular complexity index is 551. The number of hydrogen-bond donors (Lipinski definition) is 1. The number of carbonyl (C=O) groups excluding carboxylic acids is 1. The number of aliphatic hydroxyl groups is 1. The number of hydrogen-bond acceptors (Lipinski definition) is 4. The first-order valence-electron chi connectivity index (χ1n) is 10.3. The van der Waals surface area contributed by atoms with Crippen LogP contribution in [0.5, 0.6) is 5.75 Å². The summed E-state index contributed by atoms with van der Waals surface area (Å²) in [6, 6.07) is 3.56. The summed E-state index contributed by atoms with van der Waals surface area (Å²) in [5.41, 5.74) is 0. The van der Waals surface area contributed by atoms with Crippen molar-refractivity contribution in [3.8, 4) is 5.75 Å². The van der Waals surface area contributed by atoms with Gasteiger partial charge in [0.15, 0.2) is 0 Å². The van der Waals surface area contributed by atoms with Gasteiger partial charge in [-0.1, -0.05) is 44.9 Å². The second-order valence-electron chi connectivity index (χ2n) is 7.71. The summed E-state index contributed by atoms with van der Waals surface area (Å²) >= 11 is 0. The van der Waals surface area contributed by atoms with Gasteiger partial charge in [0.2, 0.25) is 5.91 Å². The molecule has 1 N–H and O–H groups in total. The second-order valence-corrected chi connectivity index (χ2v) is 7.71. The van der Waals surface area contributed by atoms with Gasteiger partial charge in [-0.2, -0.15) is 0 Å². The summed E-state index contributed by atoms with van der Waals surface area (Å²) in [5.74, 6) is 0.949. The molecule has 0 radical (unpaired) electrons. The first-order valence-corrected chi connectivity index (χ1v) is 10.3. The number of amides is 1. The Kier molecular flexibility index (Phi) is 7.30. The van der Waals surface area contributed by atoms with E-state index in [1.54, 1.807) is 12.4 Å². The van der Waals surface area contributed by atoms with Crippen LogP contribution >= 0.6 is 0 Å². The van der Waals surface area contributed by atoms with Crippen molar-refractivity contribution in [1.82, 2.24) is 9.88 Å². The number of ether oxygens (including phenoxy) is 1. The average molecular weight is 360 g/mol. The molecule has 5 nitrogen and oxygen atoms in total. The molecule has 2 aliphatic heterocycles. The summed E-state index contributed by atoms with van der Waals surface area (Å²) in [7, 11) is 0. The van der Waals surface area contributed by atoms with Gasteiger partial charge in [0, 0.05) is 25.2 Å². The molecule has 0 bridgehead atoms. The molecule has 0 aliphatic carbocycles. The number of aromatic nitrogens is 1. The molecular weight excluding hydrogens is 328 g/mol. The zero-order valence-electron chi connectivity index (χ0n) is 15.7. The maximum Gasteiger partial charge on any atom is 0.223 e. The summed E-state index contributed by atoms with van der Waals surface area (Å²) in [6.07, 6.45) is 14.3. The van der Waals surface area contributed by atoms with Crippen LogP contribution in [0.25, 0.3) is 0 Å². The SMILES string of the molecule is O=C1CCCCCCCCCCC(O)C2CC(Oc3ccncc3)CN12. The molecule has 2 fully saturated rings. The molecule has 2 aliphatic rings. The minimum atomic E-state index is -0.451. The molecule has 144 valence electrons. The van der Waals surface area contributed by atoms with Crippen LogP contribution in [0, 0.1) is 0 Å². The fraction of sp³-hybridized carbons (Fsp3) is 0.714. The molecule has 0 saturated carbocycles. The highest BCUT2D eigenvalue weighted by Gasteiger charge is 2.39. The van der Waals surface area contributed by atoms with Gasteiger partial charge >= 0.3 is 0 Å². The van der Waals surface area contributed by atoms with Crippen LogP contribution < -0.4 is 4.74 Å². The van der Waals surface area contributed by atoms with Crippen LogP contribution in [0.2, 0.25) is 0 Å². The summed E-state index contributed by atoms with van der Waals surface area (Å²) in [5, 5.41) is 10.7. The van der Waals surface area contributed by atoms with E-state index in [0.717, 1.165) is 31.4 Å². The van der Waals surface area contributed by atoms with Gasteiger partial charge in [0.05, 0.1) is 18.7 Å². The summed E-state index contributed by atoms with van der Waals surface area (Å²) in [6.45, 7) is 0.572. The van der Waals surface area contributed by atoms with Crippen molar-refractivity contribution in [2.45, 2.75) is 88.9 Å². The average Bonchev–Trinajstić information content (AvgIpc) is 3.07. The van der Waals surface area contributed by atoms with Crippen LogP contribution in [0.15, 0.2) is 24.5 Å². The quantitative estimate of drug-likeness (QED) is 0.873. The molecule has 1 amide bonds. The first-order chi connectivity index (χ1) is 12.7. The largest absolute Gasteiger partial charge is 0.488 e. The van der Waals surface area contributed by atoms with Crippen molar-refractivity contribution >= 4 is 5.91 Å². The zero-order chi connectivity index (χ0) is 18.2. The van der Waals surface area contributed by atoms with Crippen molar-refractivity contribution < 1.29 is 14.6 Å². The number of nitrogens with zero attached hydrogens (tertiary/aromatic N) is 2. The third-order valence-corrected chi connectivity index (χ3v) is 5.66. The lowest BCUT2D eigenvalue weighted by Gasteiger charge is -2.28. The van der Waals surface area contributed by atoms with E-state index in [2.05, 4.69) is 4.98 Å². The van der Waals surface area contributed by atoms with E-state index in [9.17, 15) is 9.90 Å². The van der Waals surface area contributed by atoms with E-state index in [1.807, 2.05) is 17.0 Å². The third-order valence-electron chi connectivity index (χ3n) is 5.66. The molecule has 3 heterocycles. The van der Waals surface area contributed by atoms with Crippen molar-refractivity contribution in [1.29, 1.82) is 0 Å². The summed E-state index contributed by atoms with van der Waals surface area (Å²) < 4.78 is 6.05. The third kappa shape index (κ3) is 5.44. The monoisotopic (exact) mass is 360 g/mol. The topological polar surface area (TPSA) is 62.7 Å². The van der Waals surface area contributed by atoms with Crippen molar-refractivity contribution in [3.63, 3.8) is 0 Å². The maximum absolute atomic E-state index is 12.8. The number of fused-ring (bicyclic) bond motifs is 1. The molecule has 2 saturated heterocycles. The van der Waals surface area contributed by atoms with E-state index in [1.165, 1.54) is 32.1 Å². The van der Waals surface area contributed by atoms with Gasteiger partial charge in [-0.25, -0.2) is 0 Å². The highest BCUT2D eigenvalue weighted by atomic mass is 16.5. The molecular formula is C21H32N2O3. The van der Waals surface area contributed by atoms with E-state index < -0.39 is 6.10 Å². The van der Waals surface area contributed by atoms with Crippen LogP contribution in [0.1, 0.15) is 70.6 Å². The fourth-order valence-electron chi connectivity index (χ4n) is 4.20. The number of carbonyl (C=O) groups is 1. The van der Waals surface area contributed by atoms with E-state index in [4.69, 9.17) is 4.74 Å². The molecule has 3 unspecified atom stereocenters. The first kappa shape index (κ1) is 19.2. The van der Waals surface area contributed by atoms with Gasteiger partial charge in [-0.15, -0.1) is 0 Å². The lowest BCUT2D eigenvalue weighted by atomic mass is 9.99. The molecule has 1 aromatic rings. The zero-order valence-corrected chi connectivity index (χ0v) is 15.7. The molecule has 26 heavy (non-hydrogen) atoms. The number of rotatable bonds is 2. The van der Waals surface area contributed by atoms with Crippen molar-refractivity contribution in [3.05, 3.63) is 24.5 Å². The highest BCUT2D eigenvalue weighted by molar-refractivity contribution is 5.77. The van der Waals surface area contributed by atoms with Crippen LogP contribution in [-0.2, 0) is 4.79 Å². The van der Waals surface area contributed by atoms with Crippen molar-refractivity contribution in [2.24, 2.45) is 0 Å². The van der Waals surface area contributed by atoms with E-state index in [-0.39, 0.29) is 18.1 Å². The van der Waals surface area contributed by atoms with E-state index in [0.29, 0.717) is 19.4 Å². The Morgan fingerprint density at radius 3 is 2.38 bits per heavy atom. The van der Waals surface area contributed by atoms with Gasteiger partial charge in [0.1, 0.15) is 11.9 Å². The number of aliphatic hydroxyl groups excluding tert-OH is 1. The van der Waals surface area contributed by atoms with Gasteiger partial charge in [-0.05, 0) is 25.0 Å². The molecule has 1 aromatic heterocycles. The molecule has 0 spiro atoms. The standard InChI is InChI=1S/C21H32N2O3/c24-20-9-7-5-3-1-2-4-6-8-10-21(25)23-16-18(15-19(20)23)26-17-11-13-22-14-12-17/h11-14,18-20,24H,1-10,15-16H2. The maximum atomic E-state index is 12.8. The van der Waals surface area contributed by atoms with Crippen LogP contribution in [0.4, 0.5) is 0 Å². The van der Waals surface area contributed by atoms with Gasteiger partial charge in [0.25, 0.3) is 0 Å². The second kappa shape index (κ2) is 9.91. The predicted octanol–water partition coefficient (Wildman–Crippen LogP) is 3.71. The Morgan fingerprint density at radius 2 is 1.65 bits per heavy atom. The lowest BCUT2D eigenvalue weighted by molar-refractivity contribution is -0.134. The van der Waals surface area contributed by atoms with Crippen LogP contribution in [-0.4, -0.2) is 45.7 Å². The van der Waals surface area contributed by atoms with Gasteiger partial charge < -0.3 is 14.7 Å². The van der Waals surface area contributed by atoms with Gasteiger partial charge in [-0.3, -0.25) is 9.78 Å². The Morgan fingerprint density at radius 1 is 1.00 bits per heavy atom. The Balaban J connectivity index is 1.64. The Hall–Kier alpha value is -1.62. The molecule has 3 atom stereocenters. The Labute approximate surface area is 156 Å². The smallest absolute Gasteiger partial charge is 0.223 e. The highest BCUT2D eigenvalue weighted by Crippen LogP contribution is 2.28. The van der Waals surface area contributed by atoms with Crippen LogP contribution in [0.3, 0.4) is 0 Å². The minimum absolute atomic E-state index is 0.0586. The normalized spacial score (nSPS) is 29.0. The predicted molar refractivity (Wildman–Crippen MR) is 101 cm³/mol.